The Hall–Kier alpha value is -1.65. The van der Waals surface area contributed by atoms with Crippen molar-refractivity contribution in [2.45, 2.75) is 39.2 Å². The fraction of sp³-hybridized carbons (Fsp3) is 0.571. The molecular formula is C14H19FN2O2. The highest BCUT2D eigenvalue weighted by atomic mass is 19.1. The standard InChI is InChI=1S/C14H19FN2O2/c1-9-6-10(2)8-11(7-9)16-13-5-3-4-12(15)14(13)17(18)19/h3-5,9-11,16H,6-8H2,1-2H3. The van der Waals surface area contributed by atoms with E-state index in [0.29, 0.717) is 11.8 Å². The van der Waals surface area contributed by atoms with Gasteiger partial charge in [-0.3, -0.25) is 10.1 Å². The molecule has 1 aromatic rings. The minimum atomic E-state index is -0.785. The average molecular weight is 266 g/mol. The smallest absolute Gasteiger partial charge is 0.327 e. The molecule has 1 aliphatic rings. The maximum absolute atomic E-state index is 13.5. The summed E-state index contributed by atoms with van der Waals surface area (Å²) >= 11 is 0. The third-order valence-corrected chi connectivity index (χ3v) is 3.71. The van der Waals surface area contributed by atoms with Crippen molar-refractivity contribution in [1.29, 1.82) is 0 Å². The van der Waals surface area contributed by atoms with Gasteiger partial charge in [0.25, 0.3) is 0 Å². The molecule has 0 radical (unpaired) electrons. The van der Waals surface area contributed by atoms with Gasteiger partial charge in [-0.1, -0.05) is 19.9 Å². The van der Waals surface area contributed by atoms with Crippen LogP contribution in [0.25, 0.3) is 0 Å². The van der Waals surface area contributed by atoms with Gasteiger partial charge in [-0.2, -0.15) is 4.39 Å². The maximum atomic E-state index is 13.5. The van der Waals surface area contributed by atoms with E-state index in [0.717, 1.165) is 18.9 Å². The van der Waals surface area contributed by atoms with Gasteiger partial charge in [0, 0.05) is 6.04 Å². The molecule has 1 N–H and O–H groups in total. The van der Waals surface area contributed by atoms with Crippen LogP contribution in [0.5, 0.6) is 0 Å². The summed E-state index contributed by atoms with van der Waals surface area (Å²) in [5, 5.41) is 14.1. The first-order valence-corrected chi connectivity index (χ1v) is 6.66. The zero-order valence-electron chi connectivity index (χ0n) is 11.2. The number of hydrogen-bond acceptors (Lipinski definition) is 3. The summed E-state index contributed by atoms with van der Waals surface area (Å²) in [6.45, 7) is 4.37. The van der Waals surface area contributed by atoms with Gasteiger partial charge in [0.15, 0.2) is 0 Å². The molecule has 0 heterocycles. The molecule has 5 heteroatoms. The Morgan fingerprint density at radius 2 is 1.89 bits per heavy atom. The third kappa shape index (κ3) is 3.22. The molecule has 4 nitrogen and oxygen atoms in total. The van der Waals surface area contributed by atoms with Crippen LogP contribution in [0.15, 0.2) is 18.2 Å². The maximum Gasteiger partial charge on any atom is 0.327 e. The Bertz CT molecular complexity index is 469. The van der Waals surface area contributed by atoms with Gasteiger partial charge < -0.3 is 5.32 Å². The molecule has 0 saturated heterocycles. The molecule has 1 aromatic carbocycles. The summed E-state index contributed by atoms with van der Waals surface area (Å²) in [5.41, 5.74) is -0.162. The Balaban J connectivity index is 2.19. The summed E-state index contributed by atoms with van der Waals surface area (Å²) in [5.74, 6) is 0.398. The number of nitro groups is 1. The zero-order chi connectivity index (χ0) is 14.0. The van der Waals surface area contributed by atoms with E-state index in [4.69, 9.17) is 0 Å². The topological polar surface area (TPSA) is 55.2 Å². The first-order chi connectivity index (χ1) is 8.97. The van der Waals surface area contributed by atoms with E-state index in [1.165, 1.54) is 12.5 Å². The lowest BCUT2D eigenvalue weighted by atomic mass is 9.80. The number of benzene rings is 1. The Kier molecular flexibility index (Phi) is 4.02. The van der Waals surface area contributed by atoms with Crippen molar-refractivity contribution in [3.63, 3.8) is 0 Å². The summed E-state index contributed by atoms with van der Waals surface area (Å²) < 4.78 is 13.5. The lowest BCUT2D eigenvalue weighted by Crippen LogP contribution is -2.30. The Morgan fingerprint density at radius 3 is 2.47 bits per heavy atom. The average Bonchev–Trinajstić information content (AvgIpc) is 2.26. The molecule has 1 saturated carbocycles. The molecule has 2 rings (SSSR count). The third-order valence-electron chi connectivity index (χ3n) is 3.71. The number of hydrogen-bond donors (Lipinski definition) is 1. The first kappa shape index (κ1) is 13.8. The van der Waals surface area contributed by atoms with Crippen LogP contribution in [0.4, 0.5) is 15.8 Å². The largest absolute Gasteiger partial charge is 0.377 e. The summed E-state index contributed by atoms with van der Waals surface area (Å²) in [4.78, 5) is 10.3. The van der Waals surface area contributed by atoms with Gasteiger partial charge in [-0.05, 0) is 43.2 Å². The van der Waals surface area contributed by atoms with Crippen LogP contribution in [0.1, 0.15) is 33.1 Å². The molecule has 0 spiro atoms. The monoisotopic (exact) mass is 266 g/mol. The normalized spacial score (nSPS) is 27.0. The van der Waals surface area contributed by atoms with E-state index >= 15 is 0 Å². The molecule has 1 aliphatic carbocycles. The van der Waals surface area contributed by atoms with Crippen LogP contribution in [0, 0.1) is 27.8 Å². The van der Waals surface area contributed by atoms with Crippen molar-refractivity contribution in [2.75, 3.05) is 5.32 Å². The van der Waals surface area contributed by atoms with Crippen LogP contribution in [-0.4, -0.2) is 11.0 Å². The van der Waals surface area contributed by atoms with Gasteiger partial charge in [0.1, 0.15) is 5.69 Å². The summed E-state index contributed by atoms with van der Waals surface area (Å²) in [6, 6.07) is 4.38. The highest BCUT2D eigenvalue weighted by Gasteiger charge is 2.27. The number of nitrogens with one attached hydrogen (secondary N) is 1. The SMILES string of the molecule is CC1CC(C)CC(Nc2cccc(F)c2[N+](=O)[O-])C1. The van der Waals surface area contributed by atoms with E-state index in [-0.39, 0.29) is 11.7 Å². The number of rotatable bonds is 3. The predicted octanol–water partition coefficient (Wildman–Crippen LogP) is 3.97. The zero-order valence-corrected chi connectivity index (χ0v) is 11.2. The Labute approximate surface area is 112 Å². The summed E-state index contributed by atoms with van der Waals surface area (Å²) in [7, 11) is 0. The molecule has 104 valence electrons. The van der Waals surface area contributed by atoms with Crippen molar-refractivity contribution in [3.05, 3.63) is 34.1 Å². The minimum absolute atomic E-state index is 0.180. The Morgan fingerprint density at radius 1 is 1.26 bits per heavy atom. The van der Waals surface area contributed by atoms with Crippen molar-refractivity contribution >= 4 is 11.4 Å². The fourth-order valence-electron chi connectivity index (χ4n) is 3.10. The molecular weight excluding hydrogens is 247 g/mol. The van der Waals surface area contributed by atoms with E-state index in [2.05, 4.69) is 19.2 Å². The number of halogens is 1. The van der Waals surface area contributed by atoms with E-state index in [1.807, 2.05) is 0 Å². The lowest BCUT2D eigenvalue weighted by Gasteiger charge is -2.32. The highest BCUT2D eigenvalue weighted by Crippen LogP contribution is 2.33. The number of para-hydroxylation sites is 1. The molecule has 19 heavy (non-hydrogen) atoms. The molecule has 0 aromatic heterocycles. The highest BCUT2D eigenvalue weighted by molar-refractivity contribution is 5.62. The van der Waals surface area contributed by atoms with Crippen LogP contribution >= 0.6 is 0 Å². The van der Waals surface area contributed by atoms with Gasteiger partial charge in [-0.15, -0.1) is 0 Å². The van der Waals surface area contributed by atoms with Crippen molar-refractivity contribution in [2.24, 2.45) is 11.8 Å². The summed E-state index contributed by atoms with van der Waals surface area (Å²) in [6.07, 6.45) is 3.12. The van der Waals surface area contributed by atoms with Gasteiger partial charge in [0.2, 0.25) is 5.82 Å². The van der Waals surface area contributed by atoms with E-state index in [1.54, 1.807) is 6.07 Å². The van der Waals surface area contributed by atoms with Crippen molar-refractivity contribution in [3.8, 4) is 0 Å². The quantitative estimate of drug-likeness (QED) is 0.665. The molecule has 2 atom stereocenters. The number of nitrogens with zero attached hydrogens (tertiary/aromatic N) is 1. The molecule has 0 aliphatic heterocycles. The van der Waals surface area contributed by atoms with Crippen LogP contribution < -0.4 is 5.32 Å². The van der Waals surface area contributed by atoms with Crippen molar-refractivity contribution < 1.29 is 9.31 Å². The van der Waals surface area contributed by atoms with Gasteiger partial charge in [0.05, 0.1) is 4.92 Å². The molecule has 0 amide bonds. The van der Waals surface area contributed by atoms with Gasteiger partial charge >= 0.3 is 5.69 Å². The second-order valence-corrected chi connectivity index (χ2v) is 5.65. The van der Waals surface area contributed by atoms with Crippen molar-refractivity contribution in [1.82, 2.24) is 0 Å². The van der Waals surface area contributed by atoms with Crippen LogP contribution in [0.2, 0.25) is 0 Å². The predicted molar refractivity (Wildman–Crippen MR) is 72.6 cm³/mol. The second-order valence-electron chi connectivity index (χ2n) is 5.65. The molecule has 2 unspecified atom stereocenters. The van der Waals surface area contributed by atoms with E-state index < -0.39 is 16.4 Å². The second kappa shape index (κ2) is 5.55. The molecule has 0 bridgehead atoms. The minimum Gasteiger partial charge on any atom is -0.377 e. The molecule has 1 fully saturated rings. The fourth-order valence-corrected chi connectivity index (χ4v) is 3.10. The van der Waals surface area contributed by atoms with Crippen LogP contribution in [0.3, 0.4) is 0 Å². The van der Waals surface area contributed by atoms with E-state index in [9.17, 15) is 14.5 Å². The van der Waals surface area contributed by atoms with Crippen LogP contribution in [-0.2, 0) is 0 Å². The number of nitro benzene ring substituents is 1. The van der Waals surface area contributed by atoms with Gasteiger partial charge in [-0.25, -0.2) is 0 Å². The number of anilines is 1. The lowest BCUT2D eigenvalue weighted by molar-refractivity contribution is -0.386. The first-order valence-electron chi connectivity index (χ1n) is 6.66.